The molecule has 1 aliphatic rings. The quantitative estimate of drug-likeness (QED) is 0.850. The number of Topliss-reactive ketones (excluding diaryl/α,β-unsaturated/α-hetero) is 1. The molecular formula is C15H21NO4S. The molecule has 1 heterocycles. The number of ketones is 1. The number of ether oxygens (including phenoxy) is 1. The normalized spacial score (nSPS) is 24.0. The lowest BCUT2D eigenvalue weighted by molar-refractivity contribution is -0.129. The van der Waals surface area contributed by atoms with Gasteiger partial charge in [0.05, 0.1) is 17.1 Å². The van der Waals surface area contributed by atoms with Crippen molar-refractivity contribution in [2.75, 3.05) is 19.7 Å². The maximum Gasteiger partial charge on any atom is 0.243 e. The maximum absolute atomic E-state index is 12.7. The lowest BCUT2D eigenvalue weighted by Crippen LogP contribution is -2.52. The summed E-state index contributed by atoms with van der Waals surface area (Å²) in [6.07, 6.45) is 0.215. The van der Waals surface area contributed by atoms with E-state index in [1.807, 2.05) is 6.92 Å². The van der Waals surface area contributed by atoms with E-state index < -0.39 is 15.6 Å². The third-order valence-corrected chi connectivity index (χ3v) is 5.44. The molecule has 1 aliphatic heterocycles. The lowest BCUT2D eigenvalue weighted by Gasteiger charge is -2.39. The molecule has 1 atom stereocenters. The summed E-state index contributed by atoms with van der Waals surface area (Å²) >= 11 is 0. The Morgan fingerprint density at radius 1 is 1.33 bits per heavy atom. The Morgan fingerprint density at radius 3 is 2.52 bits per heavy atom. The smallest absolute Gasteiger partial charge is 0.243 e. The van der Waals surface area contributed by atoms with Gasteiger partial charge in [-0.25, -0.2) is 8.42 Å². The molecule has 0 radical (unpaired) electrons. The second-order valence-electron chi connectivity index (χ2n) is 5.83. The van der Waals surface area contributed by atoms with Crippen LogP contribution < -0.4 is 0 Å². The highest BCUT2D eigenvalue weighted by atomic mass is 32.2. The van der Waals surface area contributed by atoms with Crippen molar-refractivity contribution in [1.29, 1.82) is 0 Å². The van der Waals surface area contributed by atoms with Gasteiger partial charge in [-0.15, -0.1) is 0 Å². The molecule has 0 amide bonds. The Bertz CT molecular complexity index is 624. The average Bonchev–Trinajstić information content (AvgIpc) is 2.37. The van der Waals surface area contributed by atoms with Crippen molar-refractivity contribution < 1.29 is 17.9 Å². The second kappa shape index (κ2) is 5.87. The van der Waals surface area contributed by atoms with E-state index >= 15 is 0 Å². The summed E-state index contributed by atoms with van der Waals surface area (Å²) in [5.74, 6) is -0.00733. The van der Waals surface area contributed by atoms with E-state index in [0.29, 0.717) is 13.2 Å². The number of carbonyl (C=O) groups excluding carboxylic acids is 1. The molecule has 1 saturated heterocycles. The summed E-state index contributed by atoms with van der Waals surface area (Å²) in [5.41, 5.74) is 0.263. The first-order chi connectivity index (χ1) is 9.73. The predicted octanol–water partition coefficient (Wildman–Crippen LogP) is 1.75. The van der Waals surface area contributed by atoms with Gasteiger partial charge in [0.25, 0.3) is 0 Å². The Kier molecular flexibility index (Phi) is 4.51. The summed E-state index contributed by atoms with van der Waals surface area (Å²) in [6.45, 7) is 5.99. The van der Waals surface area contributed by atoms with Gasteiger partial charge in [0.1, 0.15) is 5.78 Å². The van der Waals surface area contributed by atoms with Gasteiger partial charge in [-0.1, -0.05) is 17.7 Å². The first-order valence-electron chi connectivity index (χ1n) is 6.93. The first kappa shape index (κ1) is 16.1. The Morgan fingerprint density at radius 2 is 1.95 bits per heavy atom. The molecule has 21 heavy (non-hydrogen) atoms. The first-order valence-corrected chi connectivity index (χ1v) is 8.37. The second-order valence-corrected chi connectivity index (χ2v) is 7.77. The Hall–Kier alpha value is -1.24. The average molecular weight is 311 g/mol. The van der Waals surface area contributed by atoms with Crippen molar-refractivity contribution in [3.63, 3.8) is 0 Å². The topological polar surface area (TPSA) is 63.7 Å². The molecule has 1 aromatic carbocycles. The number of hydrogen-bond acceptors (Lipinski definition) is 4. The fourth-order valence-corrected chi connectivity index (χ4v) is 4.13. The van der Waals surface area contributed by atoms with Crippen molar-refractivity contribution in [3.05, 3.63) is 29.8 Å². The van der Waals surface area contributed by atoms with E-state index in [0.717, 1.165) is 5.56 Å². The number of aryl methyl sites for hydroxylation is 1. The molecule has 1 aromatic rings. The summed E-state index contributed by atoms with van der Waals surface area (Å²) in [4.78, 5) is 11.6. The molecule has 1 unspecified atom stereocenters. The van der Waals surface area contributed by atoms with Crippen molar-refractivity contribution in [3.8, 4) is 0 Å². The van der Waals surface area contributed by atoms with Crippen LogP contribution >= 0.6 is 0 Å². The maximum atomic E-state index is 12.7. The standard InChI is InChI=1S/C15H21NO4S/c1-12-4-6-14(7-5-12)21(18,19)16-8-9-20-15(3,11-16)10-13(2)17/h4-7H,8-11H2,1-3H3. The molecule has 2 rings (SSSR count). The number of carbonyl (C=O) groups is 1. The third-order valence-electron chi connectivity index (χ3n) is 3.58. The van der Waals surface area contributed by atoms with Gasteiger partial charge in [0.15, 0.2) is 0 Å². The molecule has 0 aromatic heterocycles. The van der Waals surface area contributed by atoms with E-state index in [1.54, 1.807) is 31.2 Å². The summed E-state index contributed by atoms with van der Waals surface area (Å²) < 4.78 is 32.4. The van der Waals surface area contributed by atoms with Crippen LogP contribution in [0, 0.1) is 6.92 Å². The molecule has 1 fully saturated rings. The van der Waals surface area contributed by atoms with Gasteiger partial charge in [-0.2, -0.15) is 4.31 Å². The summed E-state index contributed by atoms with van der Waals surface area (Å²) in [7, 11) is -3.54. The van der Waals surface area contributed by atoms with E-state index in [1.165, 1.54) is 11.2 Å². The van der Waals surface area contributed by atoms with Crippen LogP contribution in [-0.4, -0.2) is 43.8 Å². The Labute approximate surface area is 126 Å². The van der Waals surface area contributed by atoms with Gasteiger partial charge < -0.3 is 4.74 Å². The third kappa shape index (κ3) is 3.70. The molecule has 0 spiro atoms. The van der Waals surface area contributed by atoms with Gasteiger partial charge in [0, 0.05) is 19.5 Å². The number of hydrogen-bond donors (Lipinski definition) is 0. The number of morpholine rings is 1. The monoisotopic (exact) mass is 311 g/mol. The van der Waals surface area contributed by atoms with Gasteiger partial charge >= 0.3 is 0 Å². The lowest BCUT2D eigenvalue weighted by atomic mass is 9.98. The minimum absolute atomic E-state index is 0.00733. The van der Waals surface area contributed by atoms with Crippen molar-refractivity contribution in [1.82, 2.24) is 4.31 Å². The SMILES string of the molecule is CC(=O)CC1(C)CN(S(=O)(=O)c2ccc(C)cc2)CCO1. The summed E-state index contributed by atoms with van der Waals surface area (Å²) in [6, 6.07) is 6.79. The largest absolute Gasteiger partial charge is 0.372 e. The molecular weight excluding hydrogens is 290 g/mol. The van der Waals surface area contributed by atoms with Crippen LogP contribution in [0.3, 0.4) is 0 Å². The highest BCUT2D eigenvalue weighted by Gasteiger charge is 2.38. The van der Waals surface area contributed by atoms with Crippen molar-refractivity contribution >= 4 is 15.8 Å². The van der Waals surface area contributed by atoms with Gasteiger partial charge in [0.2, 0.25) is 10.0 Å². The minimum Gasteiger partial charge on any atom is -0.372 e. The van der Waals surface area contributed by atoms with Crippen LogP contribution in [0.15, 0.2) is 29.2 Å². The van der Waals surface area contributed by atoms with Crippen LogP contribution in [0.5, 0.6) is 0 Å². The van der Waals surface area contributed by atoms with Crippen LogP contribution in [0.25, 0.3) is 0 Å². The molecule has 0 aliphatic carbocycles. The zero-order valence-corrected chi connectivity index (χ0v) is 13.4. The van der Waals surface area contributed by atoms with Crippen LogP contribution in [0.2, 0.25) is 0 Å². The molecule has 0 N–H and O–H groups in total. The van der Waals surface area contributed by atoms with E-state index in [9.17, 15) is 13.2 Å². The van der Waals surface area contributed by atoms with Crippen LogP contribution in [0.1, 0.15) is 25.8 Å². The zero-order chi connectivity index (χ0) is 15.7. The highest BCUT2D eigenvalue weighted by Crippen LogP contribution is 2.26. The van der Waals surface area contributed by atoms with E-state index in [2.05, 4.69) is 0 Å². The van der Waals surface area contributed by atoms with E-state index in [-0.39, 0.29) is 23.6 Å². The van der Waals surface area contributed by atoms with Crippen molar-refractivity contribution in [2.24, 2.45) is 0 Å². The zero-order valence-electron chi connectivity index (χ0n) is 12.6. The predicted molar refractivity (Wildman–Crippen MR) is 79.6 cm³/mol. The van der Waals surface area contributed by atoms with Crippen LogP contribution in [-0.2, 0) is 19.6 Å². The van der Waals surface area contributed by atoms with E-state index in [4.69, 9.17) is 4.74 Å². The van der Waals surface area contributed by atoms with Crippen LogP contribution in [0.4, 0.5) is 0 Å². The number of sulfonamides is 1. The van der Waals surface area contributed by atoms with Gasteiger partial charge in [-0.3, -0.25) is 4.79 Å². The summed E-state index contributed by atoms with van der Waals surface area (Å²) in [5, 5.41) is 0. The molecule has 116 valence electrons. The highest BCUT2D eigenvalue weighted by molar-refractivity contribution is 7.89. The molecule has 6 heteroatoms. The Balaban J connectivity index is 2.24. The van der Waals surface area contributed by atoms with Crippen molar-refractivity contribution in [2.45, 2.75) is 37.7 Å². The molecule has 0 bridgehead atoms. The fourth-order valence-electron chi connectivity index (χ4n) is 2.59. The number of benzene rings is 1. The minimum atomic E-state index is -3.54. The number of rotatable bonds is 4. The fraction of sp³-hybridized carbons (Fsp3) is 0.533. The molecule has 0 saturated carbocycles. The van der Waals surface area contributed by atoms with Gasteiger partial charge in [-0.05, 0) is 32.9 Å². The number of nitrogens with zero attached hydrogens (tertiary/aromatic N) is 1. The molecule has 5 nitrogen and oxygen atoms in total.